The predicted octanol–water partition coefficient (Wildman–Crippen LogP) is -5.07. The molecule has 8 amide bonds. The number of aromatic hydroxyl groups is 2. The number of hydrogen-bond donors (Lipinski definition) is 14. The fourth-order valence-corrected chi connectivity index (χ4v) is 5.68. The third-order valence-electron chi connectivity index (χ3n) is 9.08. The summed E-state index contributed by atoms with van der Waals surface area (Å²) in [4.78, 5) is 115. The molecule has 23 heteroatoms. The Hall–Kier alpha value is -7.63. The minimum absolute atomic E-state index is 0.0836. The number of aliphatic hydroxyl groups excluding tert-OH is 2. The molecule has 0 saturated carbocycles. The van der Waals surface area contributed by atoms with Gasteiger partial charge in [0.1, 0.15) is 41.7 Å². The van der Waals surface area contributed by atoms with Gasteiger partial charge in [0.05, 0.1) is 39.4 Å². The number of aliphatic carboxylic acids is 1. The summed E-state index contributed by atoms with van der Waals surface area (Å²) in [6.07, 6.45) is -0.549. The first-order valence-corrected chi connectivity index (χ1v) is 19.6. The van der Waals surface area contributed by atoms with E-state index in [1.54, 1.807) is 30.3 Å². The third-order valence-corrected chi connectivity index (χ3v) is 9.08. The lowest BCUT2D eigenvalue weighted by Gasteiger charge is -2.25. The fraction of sp³-hybridized carbons (Fsp3) is 0.341. The molecule has 3 aromatic carbocycles. The maximum atomic E-state index is 13.6. The Bertz CT molecular complexity index is 2090. The molecule has 0 spiro atoms. The molecule has 23 nitrogen and oxygen atoms in total. The topological polar surface area (TPSA) is 377 Å². The van der Waals surface area contributed by atoms with Crippen molar-refractivity contribution in [3.63, 3.8) is 0 Å². The number of carboxylic acids is 1. The second-order valence-electron chi connectivity index (χ2n) is 14.0. The lowest BCUT2D eigenvalue weighted by molar-refractivity contribution is -0.143. The van der Waals surface area contributed by atoms with Crippen LogP contribution in [0.4, 0.5) is 0 Å². The summed E-state index contributed by atoms with van der Waals surface area (Å²) in [5.74, 6) is -8.77. The van der Waals surface area contributed by atoms with Gasteiger partial charge in [0.2, 0.25) is 47.3 Å². The minimum Gasteiger partial charge on any atom is -0.508 e. The van der Waals surface area contributed by atoms with E-state index in [4.69, 9.17) is 5.73 Å². The Labute approximate surface area is 365 Å². The van der Waals surface area contributed by atoms with E-state index in [0.717, 1.165) is 0 Å². The molecular weight excluding hydrogens is 842 g/mol. The van der Waals surface area contributed by atoms with E-state index in [-0.39, 0.29) is 37.3 Å². The van der Waals surface area contributed by atoms with Gasteiger partial charge < -0.3 is 73.8 Å². The molecule has 5 atom stereocenters. The van der Waals surface area contributed by atoms with Crippen LogP contribution in [0.1, 0.15) is 16.7 Å². The predicted molar refractivity (Wildman–Crippen MR) is 223 cm³/mol. The average Bonchev–Trinajstić information content (AvgIpc) is 3.28. The molecular formula is C41H51N9O14. The van der Waals surface area contributed by atoms with Crippen LogP contribution in [0.5, 0.6) is 11.5 Å². The SMILES string of the molecule is NCC(=O)NCC(=O)NCC(=O)N[C@@H](Cc1ccc(O)cc1)C(=O)N[C@@H](CO)C(=O)N[C@@H](Cc1ccccc1)C(=O)NCC(=O)N[C@@H](Cc1ccc(O)cc1)C(=O)N[C@@H](CO)C(=O)O. The van der Waals surface area contributed by atoms with Crippen LogP contribution in [0.3, 0.4) is 0 Å². The van der Waals surface area contributed by atoms with E-state index in [1.807, 2.05) is 0 Å². The number of hydrogen-bond acceptors (Lipinski definition) is 14. The van der Waals surface area contributed by atoms with Crippen LogP contribution < -0.4 is 48.3 Å². The lowest BCUT2D eigenvalue weighted by Crippen LogP contribution is -2.59. The molecule has 0 unspecified atom stereocenters. The monoisotopic (exact) mass is 893 g/mol. The number of carbonyl (C=O) groups is 9. The van der Waals surface area contributed by atoms with Gasteiger partial charge in [-0.25, -0.2) is 4.79 Å². The van der Waals surface area contributed by atoms with E-state index in [0.29, 0.717) is 16.7 Å². The smallest absolute Gasteiger partial charge is 0.328 e. The number of carbonyl (C=O) groups excluding carboxylic acids is 8. The van der Waals surface area contributed by atoms with Crippen molar-refractivity contribution < 1.29 is 68.7 Å². The van der Waals surface area contributed by atoms with Crippen molar-refractivity contribution in [3.05, 3.63) is 95.6 Å². The highest BCUT2D eigenvalue weighted by molar-refractivity contribution is 5.96. The molecule has 0 aliphatic heterocycles. The van der Waals surface area contributed by atoms with Crippen LogP contribution >= 0.6 is 0 Å². The Balaban J connectivity index is 1.74. The number of nitrogens with one attached hydrogen (secondary N) is 8. The number of carboxylic acid groups (broad SMARTS) is 1. The van der Waals surface area contributed by atoms with Crippen molar-refractivity contribution in [1.29, 1.82) is 0 Å². The zero-order chi connectivity index (χ0) is 47.2. The molecule has 64 heavy (non-hydrogen) atoms. The molecule has 3 aromatic rings. The quantitative estimate of drug-likeness (QED) is 0.0379. The van der Waals surface area contributed by atoms with Gasteiger partial charge >= 0.3 is 5.97 Å². The maximum Gasteiger partial charge on any atom is 0.328 e. The summed E-state index contributed by atoms with van der Waals surface area (Å²) >= 11 is 0. The molecule has 0 heterocycles. The molecule has 0 aliphatic rings. The molecule has 0 radical (unpaired) electrons. The van der Waals surface area contributed by atoms with Gasteiger partial charge in [0.25, 0.3) is 0 Å². The summed E-state index contributed by atoms with van der Waals surface area (Å²) in [6, 6.07) is 11.8. The second kappa shape index (κ2) is 26.0. The zero-order valence-electron chi connectivity index (χ0n) is 34.2. The summed E-state index contributed by atoms with van der Waals surface area (Å²) < 4.78 is 0. The Morgan fingerprint density at radius 2 is 0.812 bits per heavy atom. The summed E-state index contributed by atoms with van der Waals surface area (Å²) in [5, 5.41) is 66.9. The van der Waals surface area contributed by atoms with Crippen LogP contribution in [-0.4, -0.2) is 148 Å². The standard InChI is InChI=1S/C41H51N9O14/c42-17-33(55)43-18-34(56)44-19-35(57)46-29(15-24-6-10-26(53)11-7-24)38(60)49-31(21-51)40(62)48-28(14-23-4-2-1-3-5-23)37(59)45-20-36(58)47-30(16-25-8-12-27(54)13-9-25)39(61)50-32(22-52)41(63)64/h1-13,28-32,51-54H,14-22,42H2,(H,43,55)(H,44,56)(H,45,59)(H,46,57)(H,47,58)(H,48,62)(H,49,60)(H,50,61)(H,63,64)/t28-,29-,30-,31-,32-/m0/s1. The van der Waals surface area contributed by atoms with Crippen LogP contribution in [0.15, 0.2) is 78.9 Å². The Kier molecular flexibility index (Phi) is 20.6. The van der Waals surface area contributed by atoms with Crippen molar-refractivity contribution in [2.75, 3.05) is 39.4 Å². The maximum absolute atomic E-state index is 13.6. The van der Waals surface area contributed by atoms with Crippen LogP contribution in [-0.2, 0) is 62.4 Å². The molecule has 344 valence electrons. The molecule has 0 saturated heterocycles. The first kappa shape index (κ1) is 50.7. The van der Waals surface area contributed by atoms with Crippen LogP contribution in [0.2, 0.25) is 0 Å². The van der Waals surface area contributed by atoms with Gasteiger partial charge in [-0.05, 0) is 41.0 Å². The highest BCUT2D eigenvalue weighted by Crippen LogP contribution is 2.13. The van der Waals surface area contributed by atoms with Gasteiger partial charge in [-0.1, -0.05) is 54.6 Å². The van der Waals surface area contributed by atoms with E-state index in [9.17, 15) is 68.7 Å². The van der Waals surface area contributed by atoms with Gasteiger partial charge in [-0.15, -0.1) is 0 Å². The normalized spacial score (nSPS) is 13.0. The highest BCUT2D eigenvalue weighted by Gasteiger charge is 2.31. The van der Waals surface area contributed by atoms with E-state index in [2.05, 4.69) is 42.5 Å². The summed E-state index contributed by atoms with van der Waals surface area (Å²) in [6.45, 7) is -4.18. The molecule has 3 rings (SSSR count). The summed E-state index contributed by atoms with van der Waals surface area (Å²) in [5.41, 5.74) is 6.62. The number of nitrogens with two attached hydrogens (primary N) is 1. The lowest BCUT2D eigenvalue weighted by atomic mass is 10.0. The zero-order valence-corrected chi connectivity index (χ0v) is 34.2. The first-order chi connectivity index (χ1) is 30.5. The van der Waals surface area contributed by atoms with Gasteiger partial charge in [0.15, 0.2) is 0 Å². The van der Waals surface area contributed by atoms with Crippen molar-refractivity contribution in [1.82, 2.24) is 42.5 Å². The number of phenolic OH excluding ortho intramolecular Hbond substituents is 2. The van der Waals surface area contributed by atoms with E-state index >= 15 is 0 Å². The van der Waals surface area contributed by atoms with Gasteiger partial charge in [-0.2, -0.15) is 0 Å². The number of aliphatic hydroxyl groups is 2. The van der Waals surface area contributed by atoms with Gasteiger partial charge in [0, 0.05) is 19.3 Å². The van der Waals surface area contributed by atoms with Crippen LogP contribution in [0.25, 0.3) is 0 Å². The first-order valence-electron chi connectivity index (χ1n) is 19.6. The van der Waals surface area contributed by atoms with Crippen molar-refractivity contribution in [2.24, 2.45) is 5.73 Å². The fourth-order valence-electron chi connectivity index (χ4n) is 5.68. The molecule has 0 aromatic heterocycles. The van der Waals surface area contributed by atoms with Crippen LogP contribution in [0, 0.1) is 0 Å². The Morgan fingerprint density at radius 3 is 1.27 bits per heavy atom. The molecule has 0 bridgehead atoms. The largest absolute Gasteiger partial charge is 0.508 e. The highest BCUT2D eigenvalue weighted by atomic mass is 16.4. The van der Waals surface area contributed by atoms with E-state index < -0.39 is 116 Å². The second-order valence-corrected chi connectivity index (χ2v) is 14.0. The average molecular weight is 894 g/mol. The molecule has 0 aliphatic carbocycles. The number of phenols is 2. The number of rotatable bonds is 25. The van der Waals surface area contributed by atoms with Crippen molar-refractivity contribution in [2.45, 2.75) is 49.5 Å². The number of benzene rings is 3. The Morgan fingerprint density at radius 1 is 0.438 bits per heavy atom. The van der Waals surface area contributed by atoms with Crippen molar-refractivity contribution in [3.8, 4) is 11.5 Å². The summed E-state index contributed by atoms with van der Waals surface area (Å²) in [7, 11) is 0. The molecule has 15 N–H and O–H groups in total. The van der Waals surface area contributed by atoms with Gasteiger partial charge in [-0.3, -0.25) is 38.4 Å². The van der Waals surface area contributed by atoms with Crippen molar-refractivity contribution >= 4 is 53.2 Å². The molecule has 0 fully saturated rings. The third kappa shape index (κ3) is 17.8. The van der Waals surface area contributed by atoms with E-state index in [1.165, 1.54) is 48.5 Å². The minimum atomic E-state index is -1.71. The number of amides is 8.